The summed E-state index contributed by atoms with van der Waals surface area (Å²) in [5.74, 6) is -0.972. The lowest BCUT2D eigenvalue weighted by Gasteiger charge is -2.13. The molecule has 0 spiro atoms. The Balaban J connectivity index is 1.54. The number of ether oxygens (including phenoxy) is 1. The number of carbonyl (C=O) groups excluding carboxylic acids is 2. The number of carbonyl (C=O) groups is 2. The minimum atomic E-state index is -0.903. The number of aryl methyl sites for hydroxylation is 1. The molecule has 0 bridgehead atoms. The van der Waals surface area contributed by atoms with Crippen molar-refractivity contribution in [2.45, 2.75) is 45.4 Å². The van der Waals surface area contributed by atoms with Gasteiger partial charge in [0.25, 0.3) is 11.5 Å². The van der Waals surface area contributed by atoms with Crippen LogP contribution in [-0.4, -0.2) is 33.6 Å². The molecule has 1 aliphatic rings. The van der Waals surface area contributed by atoms with Crippen LogP contribution in [0.15, 0.2) is 40.8 Å². The minimum Gasteiger partial charge on any atom is -0.451 e. The van der Waals surface area contributed by atoms with Gasteiger partial charge in [-0.15, -0.1) is 11.3 Å². The molecule has 0 radical (unpaired) electrons. The summed E-state index contributed by atoms with van der Waals surface area (Å²) in [5.41, 5.74) is 2.54. The van der Waals surface area contributed by atoms with E-state index in [2.05, 4.69) is 10.3 Å². The molecule has 29 heavy (non-hydrogen) atoms. The van der Waals surface area contributed by atoms with Gasteiger partial charge in [0, 0.05) is 17.0 Å². The van der Waals surface area contributed by atoms with E-state index in [9.17, 15) is 14.4 Å². The number of aromatic nitrogens is 2. The summed E-state index contributed by atoms with van der Waals surface area (Å²) in [6, 6.07) is 8.08. The molecule has 7 nitrogen and oxygen atoms in total. The van der Waals surface area contributed by atoms with Gasteiger partial charge in [-0.05, 0) is 32.3 Å². The van der Waals surface area contributed by atoms with Gasteiger partial charge in [-0.3, -0.25) is 19.0 Å². The van der Waals surface area contributed by atoms with E-state index in [1.54, 1.807) is 0 Å². The van der Waals surface area contributed by atoms with Crippen molar-refractivity contribution in [2.75, 3.05) is 0 Å². The van der Waals surface area contributed by atoms with Gasteiger partial charge in [-0.25, -0.2) is 4.98 Å². The van der Waals surface area contributed by atoms with Crippen molar-refractivity contribution in [1.29, 1.82) is 0 Å². The van der Waals surface area contributed by atoms with Crippen LogP contribution in [0.1, 0.15) is 25.3 Å². The van der Waals surface area contributed by atoms with Crippen LogP contribution in [0.4, 0.5) is 0 Å². The Bertz CT molecular complexity index is 1130. The molecule has 1 amide bonds. The van der Waals surface area contributed by atoms with Crippen molar-refractivity contribution in [1.82, 2.24) is 14.9 Å². The second-order valence-electron chi connectivity index (χ2n) is 7.29. The van der Waals surface area contributed by atoms with Crippen molar-refractivity contribution < 1.29 is 14.3 Å². The fourth-order valence-corrected chi connectivity index (χ4v) is 3.91. The quantitative estimate of drug-likeness (QED) is 0.630. The van der Waals surface area contributed by atoms with Crippen LogP contribution < -0.4 is 10.9 Å². The Hall–Kier alpha value is -3.00. The van der Waals surface area contributed by atoms with Crippen LogP contribution >= 0.6 is 11.3 Å². The predicted molar refractivity (Wildman–Crippen MR) is 111 cm³/mol. The number of esters is 1. The van der Waals surface area contributed by atoms with E-state index < -0.39 is 12.1 Å². The Morgan fingerprint density at radius 2 is 2.03 bits per heavy atom. The second-order valence-corrected chi connectivity index (χ2v) is 8.15. The third-order valence-electron chi connectivity index (χ3n) is 4.82. The molecule has 2 heterocycles. The molecule has 150 valence electrons. The maximum atomic E-state index is 13.0. The first-order valence-electron chi connectivity index (χ1n) is 9.46. The maximum absolute atomic E-state index is 13.0. The average Bonchev–Trinajstić information content (AvgIpc) is 3.40. The van der Waals surface area contributed by atoms with Gasteiger partial charge in [-0.1, -0.05) is 29.8 Å². The van der Waals surface area contributed by atoms with Gasteiger partial charge >= 0.3 is 5.97 Å². The number of thiophene rings is 1. The first kappa shape index (κ1) is 19.3. The monoisotopic (exact) mass is 411 g/mol. The number of rotatable bonds is 6. The van der Waals surface area contributed by atoms with Crippen molar-refractivity contribution in [3.8, 4) is 11.1 Å². The fourth-order valence-electron chi connectivity index (χ4n) is 3.00. The zero-order valence-electron chi connectivity index (χ0n) is 16.2. The fraction of sp³-hybridized carbons (Fsp3) is 0.333. The molecule has 1 saturated carbocycles. The lowest BCUT2D eigenvalue weighted by molar-refractivity contribution is -0.155. The first-order chi connectivity index (χ1) is 13.9. The molecule has 1 atom stereocenters. The Morgan fingerprint density at radius 3 is 2.72 bits per heavy atom. The van der Waals surface area contributed by atoms with E-state index in [0.29, 0.717) is 10.2 Å². The zero-order chi connectivity index (χ0) is 20.5. The van der Waals surface area contributed by atoms with Crippen LogP contribution in [0.5, 0.6) is 0 Å². The maximum Gasteiger partial charge on any atom is 0.326 e. The summed E-state index contributed by atoms with van der Waals surface area (Å²) in [6.45, 7) is 3.22. The molecule has 8 heteroatoms. The smallest absolute Gasteiger partial charge is 0.326 e. The summed E-state index contributed by atoms with van der Waals surface area (Å²) >= 11 is 1.39. The molecular weight excluding hydrogens is 390 g/mol. The van der Waals surface area contributed by atoms with E-state index in [1.165, 1.54) is 29.2 Å². The van der Waals surface area contributed by atoms with Crippen LogP contribution in [0, 0.1) is 6.92 Å². The summed E-state index contributed by atoms with van der Waals surface area (Å²) in [6.07, 6.45) is 2.35. The van der Waals surface area contributed by atoms with Gasteiger partial charge < -0.3 is 10.1 Å². The van der Waals surface area contributed by atoms with E-state index in [1.807, 2.05) is 36.6 Å². The zero-order valence-corrected chi connectivity index (χ0v) is 17.0. The molecule has 3 aromatic rings. The predicted octanol–water partition coefficient (Wildman–Crippen LogP) is 2.64. The summed E-state index contributed by atoms with van der Waals surface area (Å²) in [7, 11) is 0. The number of benzene rings is 1. The molecule has 1 N–H and O–H groups in total. The number of fused-ring (bicyclic) bond motifs is 1. The van der Waals surface area contributed by atoms with Crippen LogP contribution in [0.25, 0.3) is 21.3 Å². The van der Waals surface area contributed by atoms with Gasteiger partial charge in [0.05, 0.1) is 11.7 Å². The van der Waals surface area contributed by atoms with Gasteiger partial charge in [-0.2, -0.15) is 0 Å². The van der Waals surface area contributed by atoms with Crippen LogP contribution in [-0.2, 0) is 20.9 Å². The van der Waals surface area contributed by atoms with Crippen molar-refractivity contribution in [2.24, 2.45) is 0 Å². The molecule has 4 rings (SSSR count). The highest BCUT2D eigenvalue weighted by atomic mass is 32.1. The van der Waals surface area contributed by atoms with E-state index in [0.717, 1.165) is 29.5 Å². The van der Waals surface area contributed by atoms with E-state index in [-0.39, 0.29) is 24.1 Å². The third kappa shape index (κ3) is 4.22. The van der Waals surface area contributed by atoms with E-state index in [4.69, 9.17) is 4.74 Å². The largest absolute Gasteiger partial charge is 0.451 e. The van der Waals surface area contributed by atoms with Gasteiger partial charge in [0.1, 0.15) is 11.4 Å². The number of nitrogens with one attached hydrogen (secondary N) is 1. The number of nitrogens with zero attached hydrogens (tertiary/aromatic N) is 2. The van der Waals surface area contributed by atoms with Crippen molar-refractivity contribution in [3.05, 3.63) is 51.9 Å². The Kier molecular flexibility index (Phi) is 5.19. The SMILES string of the molecule is Cc1ccc(-c2csc3ncn(CC(=O)O[C@@H](C)C(=O)NC4CC4)c(=O)c23)cc1. The standard InChI is InChI=1S/C21H21N3O4S/c1-12-3-5-14(6-4-12)16-10-29-20-18(16)21(27)24(11-22-20)9-17(25)28-13(2)19(26)23-15-7-8-15/h3-6,10-11,13,15H,7-9H2,1-2H3,(H,23,26)/t13-/m0/s1. The summed E-state index contributed by atoms with van der Waals surface area (Å²) in [4.78, 5) is 42.1. The lowest BCUT2D eigenvalue weighted by atomic mass is 10.1. The third-order valence-corrected chi connectivity index (χ3v) is 5.71. The van der Waals surface area contributed by atoms with Gasteiger partial charge in [0.15, 0.2) is 6.10 Å². The number of hydrogen-bond acceptors (Lipinski definition) is 6. The normalized spacial score (nSPS) is 14.6. The number of hydrogen-bond donors (Lipinski definition) is 1. The second kappa shape index (κ2) is 7.79. The van der Waals surface area contributed by atoms with Crippen LogP contribution in [0.2, 0.25) is 0 Å². The Labute approximate surface area is 171 Å². The summed E-state index contributed by atoms with van der Waals surface area (Å²) in [5, 5.41) is 5.17. The minimum absolute atomic E-state index is 0.191. The molecule has 0 unspecified atom stereocenters. The molecule has 0 saturated heterocycles. The molecular formula is C21H21N3O4S. The molecule has 2 aromatic heterocycles. The molecule has 0 aliphatic heterocycles. The highest BCUT2D eigenvalue weighted by Crippen LogP contribution is 2.30. The molecule has 1 fully saturated rings. The van der Waals surface area contributed by atoms with E-state index >= 15 is 0 Å². The lowest BCUT2D eigenvalue weighted by Crippen LogP contribution is -2.38. The topological polar surface area (TPSA) is 90.3 Å². The van der Waals surface area contributed by atoms with Crippen LogP contribution in [0.3, 0.4) is 0 Å². The highest BCUT2D eigenvalue weighted by Gasteiger charge is 2.27. The molecule has 1 aromatic carbocycles. The average molecular weight is 411 g/mol. The number of amides is 1. The Morgan fingerprint density at radius 1 is 1.31 bits per heavy atom. The van der Waals surface area contributed by atoms with Crippen molar-refractivity contribution in [3.63, 3.8) is 0 Å². The van der Waals surface area contributed by atoms with Crippen molar-refractivity contribution >= 4 is 33.4 Å². The highest BCUT2D eigenvalue weighted by molar-refractivity contribution is 7.17. The first-order valence-corrected chi connectivity index (χ1v) is 10.3. The van der Waals surface area contributed by atoms with Gasteiger partial charge in [0.2, 0.25) is 0 Å². The summed E-state index contributed by atoms with van der Waals surface area (Å²) < 4.78 is 6.41. The molecule has 1 aliphatic carbocycles.